The second-order valence-corrected chi connectivity index (χ2v) is 6.92. The lowest BCUT2D eigenvalue weighted by molar-refractivity contribution is -0.143. The Morgan fingerprint density at radius 3 is 2.34 bits per heavy atom. The van der Waals surface area contributed by atoms with Gasteiger partial charge in [0, 0.05) is 10.7 Å². The Bertz CT molecular complexity index is 1100. The number of halogens is 4. The zero-order chi connectivity index (χ0) is 23.3. The maximum atomic E-state index is 13.7. The third-order valence-corrected chi connectivity index (χ3v) is 4.46. The molecule has 0 radical (unpaired) electrons. The smallest absolute Gasteiger partial charge is 0.434 e. The number of nitrogens with one attached hydrogen (secondary N) is 2. The van der Waals surface area contributed by atoms with Gasteiger partial charge in [-0.1, -0.05) is 11.6 Å². The molecule has 1 aromatic heterocycles. The predicted molar refractivity (Wildman–Crippen MR) is 112 cm³/mol. The number of alkyl halides is 3. The molecule has 11 heteroatoms. The number of rotatable bonds is 7. The first-order valence-electron chi connectivity index (χ1n) is 9.41. The van der Waals surface area contributed by atoms with Crippen molar-refractivity contribution in [3.05, 3.63) is 71.0 Å². The highest BCUT2D eigenvalue weighted by molar-refractivity contribution is 6.30. The molecular formula is C21H18ClF3N4O3. The molecule has 168 valence electrons. The van der Waals surface area contributed by atoms with Crippen LogP contribution < -0.4 is 15.4 Å². The van der Waals surface area contributed by atoms with Crippen molar-refractivity contribution in [1.82, 2.24) is 15.1 Å². The molecule has 0 spiro atoms. The van der Waals surface area contributed by atoms with Crippen LogP contribution >= 0.6 is 11.6 Å². The van der Waals surface area contributed by atoms with E-state index in [1.807, 2.05) is 6.92 Å². The second kappa shape index (κ2) is 9.73. The van der Waals surface area contributed by atoms with Gasteiger partial charge in [0.1, 0.15) is 5.75 Å². The Morgan fingerprint density at radius 1 is 1.09 bits per heavy atom. The molecule has 7 nitrogen and oxygen atoms in total. The molecule has 3 rings (SSSR count). The van der Waals surface area contributed by atoms with E-state index in [-0.39, 0.29) is 5.69 Å². The minimum Gasteiger partial charge on any atom is -0.494 e. The van der Waals surface area contributed by atoms with Gasteiger partial charge in [0.05, 0.1) is 30.6 Å². The van der Waals surface area contributed by atoms with Crippen LogP contribution in [0.4, 0.5) is 18.9 Å². The highest BCUT2D eigenvalue weighted by Gasteiger charge is 2.40. The normalized spacial score (nSPS) is 11.2. The third kappa shape index (κ3) is 5.58. The van der Waals surface area contributed by atoms with Crippen LogP contribution in [-0.4, -0.2) is 34.7 Å². The van der Waals surface area contributed by atoms with Crippen LogP contribution in [0, 0.1) is 0 Å². The topological polar surface area (TPSA) is 85.2 Å². The standard InChI is InChI=1S/C21H18ClF3N4O3/c1-2-32-16-9-5-14(6-10-16)28-18(30)12-26-20(31)17-11-27-29(19(17)21(23,24)25)15-7-3-13(22)4-8-15/h3-11H,2,12H2,1H3,(H,26,31)(H,28,30). The lowest BCUT2D eigenvalue weighted by atomic mass is 10.2. The SMILES string of the molecule is CCOc1ccc(NC(=O)CNC(=O)c2cnn(-c3ccc(Cl)cc3)c2C(F)(F)F)cc1. The van der Waals surface area contributed by atoms with Gasteiger partial charge in [-0.25, -0.2) is 4.68 Å². The van der Waals surface area contributed by atoms with Crippen LogP contribution in [0.5, 0.6) is 5.75 Å². The lowest BCUT2D eigenvalue weighted by Gasteiger charge is -2.13. The summed E-state index contributed by atoms with van der Waals surface area (Å²) < 4.78 is 47.0. The van der Waals surface area contributed by atoms with E-state index in [2.05, 4.69) is 15.7 Å². The molecule has 0 bridgehead atoms. The van der Waals surface area contributed by atoms with Crippen molar-refractivity contribution in [2.75, 3.05) is 18.5 Å². The predicted octanol–water partition coefficient (Wildman–Crippen LogP) is 4.31. The summed E-state index contributed by atoms with van der Waals surface area (Å²) in [6.45, 7) is 1.80. The van der Waals surface area contributed by atoms with E-state index >= 15 is 0 Å². The van der Waals surface area contributed by atoms with Gasteiger partial charge < -0.3 is 15.4 Å². The van der Waals surface area contributed by atoms with E-state index in [0.29, 0.717) is 27.7 Å². The molecule has 0 aliphatic rings. The average molecular weight is 467 g/mol. The fourth-order valence-electron chi connectivity index (χ4n) is 2.83. The van der Waals surface area contributed by atoms with Crippen LogP contribution in [0.1, 0.15) is 23.0 Å². The van der Waals surface area contributed by atoms with Crippen molar-refractivity contribution in [2.24, 2.45) is 0 Å². The number of nitrogens with zero attached hydrogens (tertiary/aromatic N) is 2. The van der Waals surface area contributed by atoms with Crippen molar-refractivity contribution in [3.63, 3.8) is 0 Å². The minimum absolute atomic E-state index is 0.0778. The number of anilines is 1. The molecule has 2 N–H and O–H groups in total. The first-order valence-corrected chi connectivity index (χ1v) is 9.79. The van der Waals surface area contributed by atoms with E-state index in [0.717, 1.165) is 6.20 Å². The first kappa shape index (κ1) is 23.1. The fourth-order valence-corrected chi connectivity index (χ4v) is 2.95. The maximum absolute atomic E-state index is 13.7. The van der Waals surface area contributed by atoms with E-state index in [1.165, 1.54) is 24.3 Å². The summed E-state index contributed by atoms with van der Waals surface area (Å²) in [5, 5.41) is 8.76. The molecule has 0 fully saturated rings. The van der Waals surface area contributed by atoms with Gasteiger partial charge in [-0.3, -0.25) is 9.59 Å². The second-order valence-electron chi connectivity index (χ2n) is 6.48. The van der Waals surface area contributed by atoms with E-state index < -0.39 is 35.8 Å². The van der Waals surface area contributed by atoms with Crippen molar-refractivity contribution in [1.29, 1.82) is 0 Å². The number of carbonyl (C=O) groups is 2. The van der Waals surface area contributed by atoms with E-state index in [1.54, 1.807) is 24.3 Å². The van der Waals surface area contributed by atoms with Gasteiger partial charge >= 0.3 is 6.18 Å². The summed E-state index contributed by atoms with van der Waals surface area (Å²) in [4.78, 5) is 24.5. The number of amides is 2. The Kier molecular flexibility index (Phi) is 7.04. The number of hydrogen-bond acceptors (Lipinski definition) is 4. The summed E-state index contributed by atoms with van der Waals surface area (Å²) in [6, 6.07) is 12.0. The molecule has 3 aromatic rings. The fraction of sp³-hybridized carbons (Fsp3) is 0.190. The Morgan fingerprint density at radius 2 is 1.75 bits per heavy atom. The molecule has 1 heterocycles. The molecule has 32 heavy (non-hydrogen) atoms. The van der Waals surface area contributed by atoms with Gasteiger partial charge in [0.15, 0.2) is 5.69 Å². The number of benzene rings is 2. The van der Waals surface area contributed by atoms with Gasteiger partial charge in [-0.05, 0) is 55.5 Å². The summed E-state index contributed by atoms with van der Waals surface area (Å²) in [7, 11) is 0. The highest BCUT2D eigenvalue weighted by atomic mass is 35.5. The Hall–Kier alpha value is -3.53. The number of aromatic nitrogens is 2. The zero-order valence-corrected chi connectivity index (χ0v) is 17.5. The van der Waals surface area contributed by atoms with Gasteiger partial charge in [-0.15, -0.1) is 0 Å². The number of hydrogen-bond donors (Lipinski definition) is 2. The number of carbonyl (C=O) groups excluding carboxylic acids is 2. The molecule has 0 saturated carbocycles. The third-order valence-electron chi connectivity index (χ3n) is 4.21. The lowest BCUT2D eigenvalue weighted by Crippen LogP contribution is -2.34. The van der Waals surface area contributed by atoms with Crippen LogP contribution in [0.25, 0.3) is 5.69 Å². The van der Waals surface area contributed by atoms with E-state index in [9.17, 15) is 22.8 Å². The van der Waals surface area contributed by atoms with Crippen LogP contribution in [0.15, 0.2) is 54.7 Å². The van der Waals surface area contributed by atoms with Crippen LogP contribution in [0.2, 0.25) is 5.02 Å². The summed E-state index contributed by atoms with van der Waals surface area (Å²) in [5.74, 6) is -1.07. The molecular weight excluding hydrogens is 449 g/mol. The molecule has 0 aliphatic carbocycles. The summed E-state index contributed by atoms with van der Waals surface area (Å²) in [6.07, 6.45) is -4.06. The van der Waals surface area contributed by atoms with Crippen molar-refractivity contribution < 1.29 is 27.5 Å². The van der Waals surface area contributed by atoms with Gasteiger partial charge in [0.25, 0.3) is 5.91 Å². The summed E-state index contributed by atoms with van der Waals surface area (Å²) >= 11 is 5.78. The zero-order valence-electron chi connectivity index (χ0n) is 16.7. The van der Waals surface area contributed by atoms with E-state index in [4.69, 9.17) is 16.3 Å². The van der Waals surface area contributed by atoms with Crippen molar-refractivity contribution in [3.8, 4) is 11.4 Å². The first-order chi connectivity index (χ1) is 15.2. The monoisotopic (exact) mass is 466 g/mol. The average Bonchev–Trinajstić information content (AvgIpc) is 3.20. The van der Waals surface area contributed by atoms with Gasteiger partial charge in [-0.2, -0.15) is 18.3 Å². The van der Waals surface area contributed by atoms with Gasteiger partial charge in [0.2, 0.25) is 5.91 Å². The molecule has 0 unspecified atom stereocenters. The number of ether oxygens (including phenoxy) is 1. The van der Waals surface area contributed by atoms with Crippen molar-refractivity contribution >= 4 is 29.1 Å². The molecule has 2 aromatic carbocycles. The van der Waals surface area contributed by atoms with Crippen molar-refractivity contribution in [2.45, 2.75) is 13.1 Å². The summed E-state index contributed by atoms with van der Waals surface area (Å²) in [5.41, 5.74) is -1.45. The van der Waals surface area contributed by atoms with Crippen LogP contribution in [0.3, 0.4) is 0 Å². The molecule has 2 amide bonds. The van der Waals surface area contributed by atoms with Crippen LogP contribution in [-0.2, 0) is 11.0 Å². The maximum Gasteiger partial charge on any atom is 0.434 e. The minimum atomic E-state index is -4.87. The molecule has 0 saturated heterocycles. The molecule has 0 aliphatic heterocycles. The Labute approximate surface area is 186 Å². The largest absolute Gasteiger partial charge is 0.494 e. The highest BCUT2D eigenvalue weighted by Crippen LogP contribution is 2.33. The Balaban J connectivity index is 1.70. The molecule has 0 atom stereocenters. The quantitative estimate of drug-likeness (QED) is 0.543.